The summed E-state index contributed by atoms with van der Waals surface area (Å²) in [6.07, 6.45) is 4.23. The van der Waals surface area contributed by atoms with Gasteiger partial charge in [0.2, 0.25) is 0 Å². The van der Waals surface area contributed by atoms with Crippen LogP contribution in [0.25, 0.3) is 0 Å². The molecule has 0 unspecified atom stereocenters. The van der Waals surface area contributed by atoms with Crippen molar-refractivity contribution in [3.63, 3.8) is 0 Å². The molecule has 0 saturated carbocycles. The lowest BCUT2D eigenvalue weighted by molar-refractivity contribution is 0.569. The van der Waals surface area contributed by atoms with Crippen LogP contribution in [0.2, 0.25) is 0 Å². The van der Waals surface area contributed by atoms with Crippen LogP contribution in [0, 0.1) is 0 Å². The first-order valence-electron chi connectivity index (χ1n) is 7.40. The molecule has 0 aliphatic carbocycles. The van der Waals surface area contributed by atoms with Crippen LogP contribution in [0.4, 0.5) is 0 Å². The summed E-state index contributed by atoms with van der Waals surface area (Å²) in [6.45, 7) is 13.1. The molecule has 122 valence electrons. The Hall–Kier alpha value is -0.880. The van der Waals surface area contributed by atoms with Crippen molar-refractivity contribution >= 4 is 21.6 Å². The van der Waals surface area contributed by atoms with E-state index in [0.717, 1.165) is 21.7 Å². The van der Waals surface area contributed by atoms with Crippen molar-refractivity contribution < 1.29 is 0 Å². The molecule has 6 heteroatoms. The van der Waals surface area contributed by atoms with Gasteiger partial charge in [-0.2, -0.15) is 0 Å². The minimum absolute atomic E-state index is 0.0733. The predicted octanol–water partition coefficient (Wildman–Crippen LogP) is 4.55. The molecule has 2 heterocycles. The fourth-order valence-electron chi connectivity index (χ4n) is 1.85. The molecule has 0 aliphatic rings. The molecule has 2 rings (SSSR count). The summed E-state index contributed by atoms with van der Waals surface area (Å²) >= 11 is 0. The maximum atomic E-state index is 4.75. The van der Waals surface area contributed by atoms with Crippen LogP contribution in [0.1, 0.15) is 52.9 Å². The largest absolute Gasteiger partial charge is 0.328 e. The van der Waals surface area contributed by atoms with Crippen LogP contribution >= 0.6 is 21.6 Å². The van der Waals surface area contributed by atoms with Crippen molar-refractivity contribution in [1.82, 2.24) is 19.1 Å². The van der Waals surface area contributed by atoms with Gasteiger partial charge in [-0.3, -0.25) is 0 Å². The van der Waals surface area contributed by atoms with Crippen LogP contribution in [0.15, 0.2) is 22.7 Å². The van der Waals surface area contributed by atoms with Gasteiger partial charge in [-0.1, -0.05) is 41.5 Å². The lowest BCUT2D eigenvalue weighted by Gasteiger charge is -2.14. The van der Waals surface area contributed by atoms with Gasteiger partial charge in [-0.15, -0.1) is 0 Å². The monoisotopic (exact) mass is 338 g/mol. The van der Waals surface area contributed by atoms with E-state index < -0.39 is 0 Å². The first-order chi connectivity index (χ1) is 9.98. The maximum absolute atomic E-state index is 4.75. The fourth-order valence-corrected chi connectivity index (χ4v) is 3.99. The molecular formula is C16H26N4S2. The average Bonchev–Trinajstić information content (AvgIpc) is 2.89. The Kier molecular flexibility index (Phi) is 4.74. The van der Waals surface area contributed by atoms with Crippen LogP contribution < -0.4 is 0 Å². The van der Waals surface area contributed by atoms with Gasteiger partial charge in [0.05, 0.1) is 11.4 Å². The summed E-state index contributed by atoms with van der Waals surface area (Å²) in [7, 11) is 7.41. The van der Waals surface area contributed by atoms with E-state index in [0.29, 0.717) is 0 Å². The van der Waals surface area contributed by atoms with Gasteiger partial charge >= 0.3 is 0 Å². The van der Waals surface area contributed by atoms with Crippen molar-refractivity contribution in [1.29, 1.82) is 0 Å². The van der Waals surface area contributed by atoms with Gasteiger partial charge < -0.3 is 9.13 Å². The maximum Gasteiger partial charge on any atom is 0.179 e. The molecule has 0 N–H and O–H groups in total. The summed E-state index contributed by atoms with van der Waals surface area (Å²) in [4.78, 5) is 9.50. The molecule has 0 aliphatic heterocycles. The van der Waals surface area contributed by atoms with E-state index in [9.17, 15) is 0 Å². The van der Waals surface area contributed by atoms with Crippen molar-refractivity contribution in [3.8, 4) is 0 Å². The molecule has 0 amide bonds. The average molecular weight is 339 g/mol. The van der Waals surface area contributed by atoms with Crippen LogP contribution in [0.3, 0.4) is 0 Å². The lowest BCUT2D eigenvalue weighted by Crippen LogP contribution is -2.11. The van der Waals surface area contributed by atoms with Gasteiger partial charge in [0.1, 0.15) is 0 Å². The minimum atomic E-state index is 0.0733. The molecule has 0 fully saturated rings. The number of rotatable bonds is 3. The number of hydrogen-bond donors (Lipinski definition) is 0. The highest BCUT2D eigenvalue weighted by atomic mass is 33.1. The van der Waals surface area contributed by atoms with Crippen LogP contribution in [0.5, 0.6) is 0 Å². The zero-order chi connectivity index (χ0) is 16.7. The third-order valence-electron chi connectivity index (χ3n) is 3.40. The SMILES string of the molecule is Cn1cc(C(C)(C)C)nc1SSc1nc(C(C)(C)C)cn1C. The Balaban J connectivity index is 2.14. The third kappa shape index (κ3) is 3.90. The summed E-state index contributed by atoms with van der Waals surface area (Å²) in [5.74, 6) is 0. The number of nitrogens with zero attached hydrogens (tertiary/aromatic N) is 4. The molecule has 0 atom stereocenters. The van der Waals surface area contributed by atoms with Crippen molar-refractivity contribution in [2.75, 3.05) is 0 Å². The Morgan fingerprint density at radius 1 is 0.727 bits per heavy atom. The predicted molar refractivity (Wildman–Crippen MR) is 95.5 cm³/mol. The van der Waals surface area contributed by atoms with Crippen molar-refractivity contribution in [3.05, 3.63) is 23.8 Å². The highest BCUT2D eigenvalue weighted by molar-refractivity contribution is 8.76. The standard InChI is InChI=1S/C16H26N4S2/c1-15(2,3)11-9-19(7)13(17-11)21-22-14-18-12(10-20(14)8)16(4,5)6/h9-10H,1-8H3. The van der Waals surface area contributed by atoms with Gasteiger partial charge in [0.15, 0.2) is 10.3 Å². The van der Waals surface area contributed by atoms with Crippen molar-refractivity contribution in [2.24, 2.45) is 14.1 Å². The molecule has 0 aromatic carbocycles. The minimum Gasteiger partial charge on any atom is -0.328 e. The van der Waals surface area contributed by atoms with E-state index in [1.165, 1.54) is 0 Å². The number of aryl methyl sites for hydroxylation is 2. The zero-order valence-corrected chi connectivity index (χ0v) is 16.4. The summed E-state index contributed by atoms with van der Waals surface area (Å²) in [5, 5.41) is 2.02. The van der Waals surface area contributed by atoms with E-state index in [1.54, 1.807) is 21.6 Å². The van der Waals surface area contributed by atoms with E-state index in [2.05, 4.69) is 63.1 Å². The second-order valence-electron chi connectivity index (χ2n) is 7.71. The third-order valence-corrected chi connectivity index (χ3v) is 5.68. The number of hydrogen-bond acceptors (Lipinski definition) is 4. The fraction of sp³-hybridized carbons (Fsp3) is 0.625. The van der Waals surface area contributed by atoms with E-state index in [-0.39, 0.29) is 10.8 Å². The van der Waals surface area contributed by atoms with Crippen molar-refractivity contribution in [2.45, 2.75) is 62.7 Å². The quantitative estimate of drug-likeness (QED) is 0.769. The molecule has 2 aromatic rings. The van der Waals surface area contributed by atoms with E-state index in [1.807, 2.05) is 14.1 Å². The Morgan fingerprint density at radius 2 is 1.05 bits per heavy atom. The van der Waals surface area contributed by atoms with Gasteiger partial charge in [-0.25, -0.2) is 9.97 Å². The Labute approximate surface area is 141 Å². The smallest absolute Gasteiger partial charge is 0.179 e. The first kappa shape index (κ1) is 17.5. The first-order valence-corrected chi connectivity index (χ1v) is 9.55. The molecule has 4 nitrogen and oxygen atoms in total. The van der Waals surface area contributed by atoms with Crippen LogP contribution in [-0.2, 0) is 24.9 Å². The molecule has 22 heavy (non-hydrogen) atoms. The normalized spacial score (nSPS) is 12.9. The van der Waals surface area contributed by atoms with Gasteiger partial charge in [-0.05, 0) is 21.6 Å². The topological polar surface area (TPSA) is 35.6 Å². The molecule has 2 aromatic heterocycles. The molecular weight excluding hydrogens is 312 g/mol. The van der Waals surface area contributed by atoms with E-state index in [4.69, 9.17) is 9.97 Å². The highest BCUT2D eigenvalue weighted by Crippen LogP contribution is 2.37. The molecule has 0 spiro atoms. The van der Waals surface area contributed by atoms with Gasteiger partial charge in [0, 0.05) is 37.3 Å². The highest BCUT2D eigenvalue weighted by Gasteiger charge is 2.21. The molecule has 0 saturated heterocycles. The molecule has 0 radical (unpaired) electrons. The summed E-state index contributed by atoms with van der Waals surface area (Å²) < 4.78 is 4.18. The zero-order valence-electron chi connectivity index (χ0n) is 14.8. The second kappa shape index (κ2) is 5.96. The summed E-state index contributed by atoms with van der Waals surface area (Å²) in [5.41, 5.74) is 2.38. The van der Waals surface area contributed by atoms with Crippen LogP contribution in [-0.4, -0.2) is 19.1 Å². The second-order valence-corrected chi connectivity index (χ2v) is 9.77. The Bertz CT molecular complexity index is 598. The Morgan fingerprint density at radius 3 is 1.27 bits per heavy atom. The van der Waals surface area contributed by atoms with E-state index >= 15 is 0 Å². The number of imidazole rings is 2. The van der Waals surface area contributed by atoms with Gasteiger partial charge in [0.25, 0.3) is 0 Å². The number of aromatic nitrogens is 4. The lowest BCUT2D eigenvalue weighted by atomic mass is 9.93. The molecule has 0 bridgehead atoms. The summed E-state index contributed by atoms with van der Waals surface area (Å²) in [6, 6.07) is 0.